The lowest BCUT2D eigenvalue weighted by Crippen LogP contribution is -2.28. The second kappa shape index (κ2) is 6.62. The van der Waals surface area contributed by atoms with Crippen LogP contribution >= 0.6 is 0 Å². The van der Waals surface area contributed by atoms with Gasteiger partial charge in [-0.15, -0.1) is 0 Å². The molecule has 0 aliphatic rings. The van der Waals surface area contributed by atoms with Crippen molar-refractivity contribution in [3.63, 3.8) is 0 Å². The molecular weight excluding hydrogens is 286 g/mol. The summed E-state index contributed by atoms with van der Waals surface area (Å²) in [7, 11) is 6.28. The lowest BCUT2D eigenvalue weighted by molar-refractivity contribution is 0.416. The number of likely N-dealkylation sites (N-methyl/N-ethyl adjacent to an activating group) is 2. The highest BCUT2D eigenvalue weighted by Gasteiger charge is 2.19. The summed E-state index contributed by atoms with van der Waals surface area (Å²) in [5.41, 5.74) is 9.32. The van der Waals surface area contributed by atoms with Gasteiger partial charge in [0.25, 0.3) is 0 Å². The van der Waals surface area contributed by atoms with Crippen LogP contribution in [0.5, 0.6) is 0 Å². The van der Waals surface area contributed by atoms with E-state index in [1.807, 2.05) is 16.8 Å². The minimum atomic E-state index is -0.0144. The van der Waals surface area contributed by atoms with Gasteiger partial charge in [-0.05, 0) is 32.3 Å². The third-order valence-electron chi connectivity index (χ3n) is 3.90. The van der Waals surface area contributed by atoms with E-state index in [1.165, 1.54) is 0 Å². The molecule has 0 fully saturated rings. The number of benzene rings is 1. The molecule has 0 unspecified atom stereocenters. The Bertz CT molecular complexity index is 652. The Hall–Kier alpha value is -2.01. The maximum Gasteiger partial charge on any atom is 0.127 e. The molecule has 5 nitrogen and oxygen atoms in total. The molecule has 2 N–H and O–H groups in total. The Kier molecular flexibility index (Phi) is 5.00. The SMILES string of the molecule is CN(C)CCN(C)c1cccc(-n2nc(C(C)(C)C)cc2N)c1. The molecule has 23 heavy (non-hydrogen) atoms. The molecule has 0 aliphatic carbocycles. The summed E-state index contributed by atoms with van der Waals surface area (Å²) in [6, 6.07) is 10.3. The fraction of sp³-hybridized carbons (Fsp3) is 0.500. The molecule has 0 aliphatic heterocycles. The summed E-state index contributed by atoms with van der Waals surface area (Å²) in [4.78, 5) is 4.43. The third kappa shape index (κ3) is 4.26. The highest BCUT2D eigenvalue weighted by Crippen LogP contribution is 2.26. The van der Waals surface area contributed by atoms with Crippen LogP contribution in [0.3, 0.4) is 0 Å². The molecular formula is C18H29N5. The van der Waals surface area contributed by atoms with E-state index in [4.69, 9.17) is 10.8 Å². The van der Waals surface area contributed by atoms with Gasteiger partial charge in [0.1, 0.15) is 5.82 Å². The Morgan fingerprint density at radius 2 is 1.78 bits per heavy atom. The first-order valence-electron chi connectivity index (χ1n) is 8.01. The zero-order valence-corrected chi connectivity index (χ0v) is 15.2. The van der Waals surface area contributed by atoms with Crippen molar-refractivity contribution < 1.29 is 0 Å². The first-order valence-corrected chi connectivity index (χ1v) is 8.01. The van der Waals surface area contributed by atoms with Gasteiger partial charge in [0, 0.05) is 37.3 Å². The molecule has 0 atom stereocenters. The first kappa shape index (κ1) is 17.3. The van der Waals surface area contributed by atoms with E-state index in [0.717, 1.165) is 30.2 Å². The number of rotatable bonds is 5. The van der Waals surface area contributed by atoms with Crippen molar-refractivity contribution in [2.75, 3.05) is 44.9 Å². The van der Waals surface area contributed by atoms with Crippen LogP contribution in [-0.4, -0.2) is 48.9 Å². The Labute approximate surface area is 139 Å². The van der Waals surface area contributed by atoms with Gasteiger partial charge in [-0.1, -0.05) is 26.8 Å². The van der Waals surface area contributed by atoms with Gasteiger partial charge in [0.2, 0.25) is 0 Å². The Morgan fingerprint density at radius 3 is 2.35 bits per heavy atom. The number of nitrogens with two attached hydrogens (primary N) is 1. The normalized spacial score (nSPS) is 12.0. The fourth-order valence-electron chi connectivity index (χ4n) is 2.31. The molecule has 0 bridgehead atoms. The Balaban J connectivity index is 2.28. The van der Waals surface area contributed by atoms with Crippen molar-refractivity contribution in [3.8, 4) is 5.69 Å². The number of nitrogens with zero attached hydrogens (tertiary/aromatic N) is 4. The van der Waals surface area contributed by atoms with Crippen molar-refractivity contribution >= 4 is 11.5 Å². The van der Waals surface area contributed by atoms with E-state index >= 15 is 0 Å². The van der Waals surface area contributed by atoms with Crippen molar-refractivity contribution in [2.45, 2.75) is 26.2 Å². The molecule has 5 heteroatoms. The van der Waals surface area contributed by atoms with E-state index < -0.39 is 0 Å². The predicted molar refractivity (Wildman–Crippen MR) is 98.5 cm³/mol. The first-order chi connectivity index (χ1) is 10.7. The fourth-order valence-corrected chi connectivity index (χ4v) is 2.31. The average molecular weight is 315 g/mol. The van der Waals surface area contributed by atoms with Crippen LogP contribution in [-0.2, 0) is 5.41 Å². The Morgan fingerprint density at radius 1 is 1.09 bits per heavy atom. The van der Waals surface area contributed by atoms with Crippen LogP contribution in [0.2, 0.25) is 0 Å². The minimum Gasteiger partial charge on any atom is -0.384 e. The molecule has 1 aromatic heterocycles. The topological polar surface area (TPSA) is 50.3 Å². The average Bonchev–Trinajstić information content (AvgIpc) is 2.87. The standard InChI is InChI=1S/C18H29N5/c1-18(2,3)16-13-17(19)23(20-16)15-9-7-8-14(12-15)22(6)11-10-21(4)5/h7-9,12-13H,10-11,19H2,1-6H3. The van der Waals surface area contributed by atoms with Crippen molar-refractivity contribution in [3.05, 3.63) is 36.0 Å². The molecule has 0 saturated carbocycles. The van der Waals surface area contributed by atoms with Crippen LogP contribution in [0.25, 0.3) is 5.69 Å². The molecule has 2 rings (SSSR count). The highest BCUT2D eigenvalue weighted by atomic mass is 15.3. The van der Waals surface area contributed by atoms with Gasteiger partial charge >= 0.3 is 0 Å². The number of nitrogen functional groups attached to an aromatic ring is 1. The quantitative estimate of drug-likeness (QED) is 0.922. The minimum absolute atomic E-state index is 0.0144. The molecule has 0 saturated heterocycles. The smallest absolute Gasteiger partial charge is 0.127 e. The van der Waals surface area contributed by atoms with Crippen LogP contribution < -0.4 is 10.6 Å². The molecule has 1 aromatic carbocycles. The summed E-state index contributed by atoms with van der Waals surface area (Å²) < 4.78 is 1.82. The molecule has 126 valence electrons. The summed E-state index contributed by atoms with van der Waals surface area (Å²) in [6.45, 7) is 8.41. The summed E-state index contributed by atoms with van der Waals surface area (Å²) in [6.07, 6.45) is 0. The predicted octanol–water partition coefficient (Wildman–Crippen LogP) is 2.75. The second-order valence-electron chi connectivity index (χ2n) is 7.36. The van der Waals surface area contributed by atoms with Gasteiger partial charge in [0.05, 0.1) is 11.4 Å². The van der Waals surface area contributed by atoms with E-state index in [1.54, 1.807) is 0 Å². The van der Waals surface area contributed by atoms with Gasteiger partial charge in [-0.2, -0.15) is 5.10 Å². The maximum atomic E-state index is 6.17. The lowest BCUT2D eigenvalue weighted by atomic mass is 9.92. The second-order valence-corrected chi connectivity index (χ2v) is 7.36. The van der Waals surface area contributed by atoms with Gasteiger partial charge in [-0.25, -0.2) is 4.68 Å². The number of hydrogen-bond acceptors (Lipinski definition) is 4. The van der Waals surface area contributed by atoms with Crippen molar-refractivity contribution in [1.82, 2.24) is 14.7 Å². The van der Waals surface area contributed by atoms with E-state index in [0.29, 0.717) is 5.82 Å². The van der Waals surface area contributed by atoms with Gasteiger partial charge in [-0.3, -0.25) is 0 Å². The van der Waals surface area contributed by atoms with Crippen LogP contribution in [0.1, 0.15) is 26.5 Å². The molecule has 2 aromatic rings. The van der Waals surface area contributed by atoms with E-state index in [-0.39, 0.29) is 5.41 Å². The largest absolute Gasteiger partial charge is 0.384 e. The van der Waals surface area contributed by atoms with Crippen LogP contribution in [0, 0.1) is 0 Å². The number of hydrogen-bond donors (Lipinski definition) is 1. The summed E-state index contributed by atoms with van der Waals surface area (Å²) >= 11 is 0. The van der Waals surface area contributed by atoms with Gasteiger partial charge in [0.15, 0.2) is 0 Å². The lowest BCUT2D eigenvalue weighted by Gasteiger charge is -2.22. The zero-order chi connectivity index (χ0) is 17.2. The van der Waals surface area contributed by atoms with E-state index in [2.05, 4.69) is 69.9 Å². The summed E-state index contributed by atoms with van der Waals surface area (Å²) in [5, 5.41) is 4.69. The van der Waals surface area contributed by atoms with Crippen LogP contribution in [0.15, 0.2) is 30.3 Å². The molecule has 0 radical (unpaired) electrons. The highest BCUT2D eigenvalue weighted by molar-refractivity contribution is 5.55. The van der Waals surface area contributed by atoms with E-state index in [9.17, 15) is 0 Å². The van der Waals surface area contributed by atoms with Gasteiger partial charge < -0.3 is 15.5 Å². The number of aromatic nitrogens is 2. The monoisotopic (exact) mass is 315 g/mol. The zero-order valence-electron chi connectivity index (χ0n) is 15.2. The van der Waals surface area contributed by atoms with Crippen molar-refractivity contribution in [2.24, 2.45) is 0 Å². The third-order valence-corrected chi connectivity index (χ3v) is 3.90. The number of anilines is 2. The summed E-state index contributed by atoms with van der Waals surface area (Å²) in [5.74, 6) is 0.669. The van der Waals surface area contributed by atoms with Crippen molar-refractivity contribution in [1.29, 1.82) is 0 Å². The molecule has 0 amide bonds. The molecule has 0 spiro atoms. The van der Waals surface area contributed by atoms with Crippen LogP contribution in [0.4, 0.5) is 11.5 Å². The maximum absolute atomic E-state index is 6.17. The molecule has 1 heterocycles.